The second-order valence-electron chi connectivity index (χ2n) is 9.38. The van der Waals surface area contributed by atoms with E-state index in [0.717, 1.165) is 68.0 Å². The van der Waals surface area contributed by atoms with E-state index in [0.29, 0.717) is 18.1 Å². The van der Waals surface area contributed by atoms with Crippen LogP contribution in [-0.2, 0) is 0 Å². The van der Waals surface area contributed by atoms with Crippen LogP contribution in [0.2, 0.25) is 0 Å². The van der Waals surface area contributed by atoms with Crippen molar-refractivity contribution >= 4 is 23.3 Å². The molecule has 2 aromatic carbocycles. The van der Waals surface area contributed by atoms with Crippen molar-refractivity contribution in [3.05, 3.63) is 96.4 Å². The van der Waals surface area contributed by atoms with Crippen LogP contribution in [0.1, 0.15) is 33.6 Å². The number of halogens is 2. The molecule has 2 aromatic rings. The molecular weight excluding hydrogens is 508 g/mol. The SMILES string of the molecule is C=C/C(=C/CC)Nc1cccc(O/C(C)=C(F)/C=N\C(=C\CC)Nc2ccc(N3CCN(CCF)CC3)cc2)c1. The quantitative estimate of drug-likeness (QED) is 0.144. The fourth-order valence-electron chi connectivity index (χ4n) is 4.23. The molecule has 0 radical (unpaired) electrons. The summed E-state index contributed by atoms with van der Waals surface area (Å²) in [4.78, 5) is 8.78. The van der Waals surface area contributed by atoms with Crippen molar-refractivity contribution in [1.29, 1.82) is 0 Å². The van der Waals surface area contributed by atoms with Crippen LogP contribution in [0.25, 0.3) is 0 Å². The summed E-state index contributed by atoms with van der Waals surface area (Å²) in [6.07, 6.45) is 8.46. The maximum Gasteiger partial charge on any atom is 0.179 e. The topological polar surface area (TPSA) is 52.1 Å². The highest BCUT2D eigenvalue weighted by molar-refractivity contribution is 5.77. The molecule has 1 aliphatic rings. The van der Waals surface area contributed by atoms with Crippen molar-refractivity contribution in [3.8, 4) is 5.75 Å². The van der Waals surface area contributed by atoms with E-state index in [-0.39, 0.29) is 12.4 Å². The van der Waals surface area contributed by atoms with Crippen molar-refractivity contribution < 1.29 is 13.5 Å². The van der Waals surface area contributed by atoms with Gasteiger partial charge in [-0.25, -0.2) is 13.8 Å². The molecule has 0 spiro atoms. The van der Waals surface area contributed by atoms with Gasteiger partial charge >= 0.3 is 0 Å². The number of hydrogen-bond donors (Lipinski definition) is 2. The fraction of sp³-hybridized carbons (Fsp3) is 0.344. The first-order valence-corrected chi connectivity index (χ1v) is 13.8. The van der Waals surface area contributed by atoms with Gasteiger partial charge in [0.25, 0.3) is 0 Å². The lowest BCUT2D eigenvalue weighted by Gasteiger charge is -2.35. The number of alkyl halides is 1. The first kappa shape index (κ1) is 30.6. The van der Waals surface area contributed by atoms with Gasteiger partial charge in [0.05, 0.1) is 6.21 Å². The monoisotopic (exact) mass is 549 g/mol. The van der Waals surface area contributed by atoms with E-state index in [4.69, 9.17) is 4.74 Å². The number of rotatable bonds is 14. The molecule has 40 heavy (non-hydrogen) atoms. The van der Waals surface area contributed by atoms with Crippen LogP contribution in [0.3, 0.4) is 0 Å². The Morgan fingerprint density at radius 3 is 2.38 bits per heavy atom. The Kier molecular flexibility index (Phi) is 12.4. The molecule has 1 aliphatic heterocycles. The molecule has 0 amide bonds. The zero-order valence-electron chi connectivity index (χ0n) is 23.8. The van der Waals surface area contributed by atoms with Gasteiger partial charge in [-0.05, 0) is 68.3 Å². The predicted octanol–water partition coefficient (Wildman–Crippen LogP) is 7.68. The molecule has 0 atom stereocenters. The van der Waals surface area contributed by atoms with Crippen LogP contribution in [-0.4, -0.2) is 50.5 Å². The van der Waals surface area contributed by atoms with E-state index in [1.165, 1.54) is 0 Å². The third-order valence-electron chi connectivity index (χ3n) is 6.37. The molecule has 214 valence electrons. The molecule has 0 aliphatic carbocycles. The van der Waals surface area contributed by atoms with Gasteiger partial charge in [-0.15, -0.1) is 0 Å². The first-order chi connectivity index (χ1) is 19.4. The average molecular weight is 550 g/mol. The molecule has 0 bridgehead atoms. The number of benzene rings is 2. The molecule has 6 nitrogen and oxygen atoms in total. The third-order valence-corrected chi connectivity index (χ3v) is 6.37. The summed E-state index contributed by atoms with van der Waals surface area (Å²) in [6, 6.07) is 15.4. The highest BCUT2D eigenvalue weighted by Gasteiger charge is 2.16. The molecule has 8 heteroatoms. The van der Waals surface area contributed by atoms with Crippen molar-refractivity contribution in [2.45, 2.75) is 33.6 Å². The Bertz CT molecular complexity index is 1210. The van der Waals surface area contributed by atoms with E-state index >= 15 is 0 Å². The number of piperazine rings is 1. The van der Waals surface area contributed by atoms with Gasteiger partial charge in [0.15, 0.2) is 5.83 Å². The summed E-state index contributed by atoms with van der Waals surface area (Å²) < 4.78 is 33.3. The van der Waals surface area contributed by atoms with E-state index in [1.54, 1.807) is 25.1 Å². The third kappa shape index (κ3) is 9.68. The Morgan fingerprint density at radius 2 is 1.73 bits per heavy atom. The van der Waals surface area contributed by atoms with E-state index in [1.807, 2.05) is 43.3 Å². The van der Waals surface area contributed by atoms with Gasteiger partial charge in [-0.3, -0.25) is 4.90 Å². The maximum absolute atomic E-state index is 14.9. The highest BCUT2D eigenvalue weighted by Crippen LogP contribution is 2.23. The summed E-state index contributed by atoms with van der Waals surface area (Å²) in [5.41, 5.74) is 3.70. The van der Waals surface area contributed by atoms with Crippen LogP contribution in [0.4, 0.5) is 25.8 Å². The minimum Gasteiger partial charge on any atom is -0.459 e. The lowest BCUT2D eigenvalue weighted by atomic mass is 10.2. The van der Waals surface area contributed by atoms with Crippen molar-refractivity contribution in [2.75, 3.05) is 54.9 Å². The zero-order chi connectivity index (χ0) is 28.7. The fourth-order valence-corrected chi connectivity index (χ4v) is 4.23. The normalized spacial score (nSPS) is 15.7. The van der Waals surface area contributed by atoms with Crippen LogP contribution in [0, 0.1) is 0 Å². The van der Waals surface area contributed by atoms with Crippen LogP contribution in [0.15, 0.2) is 101 Å². The number of nitrogens with one attached hydrogen (secondary N) is 2. The zero-order valence-corrected chi connectivity index (χ0v) is 23.8. The predicted molar refractivity (Wildman–Crippen MR) is 165 cm³/mol. The first-order valence-electron chi connectivity index (χ1n) is 13.8. The van der Waals surface area contributed by atoms with Gasteiger partial charge in [0, 0.05) is 61.5 Å². The highest BCUT2D eigenvalue weighted by atomic mass is 19.1. The molecule has 1 fully saturated rings. The second-order valence-corrected chi connectivity index (χ2v) is 9.38. The summed E-state index contributed by atoms with van der Waals surface area (Å²) in [5, 5.41) is 6.53. The van der Waals surface area contributed by atoms with Gasteiger partial charge in [0.2, 0.25) is 0 Å². The molecule has 0 aromatic heterocycles. The van der Waals surface area contributed by atoms with Gasteiger partial charge in [-0.2, -0.15) is 0 Å². The van der Waals surface area contributed by atoms with E-state index in [9.17, 15) is 8.78 Å². The molecule has 1 saturated heterocycles. The lowest BCUT2D eigenvalue weighted by Crippen LogP contribution is -2.47. The molecule has 3 rings (SSSR count). The van der Waals surface area contributed by atoms with Crippen LogP contribution in [0.5, 0.6) is 5.75 Å². The van der Waals surface area contributed by atoms with Crippen molar-refractivity contribution in [3.63, 3.8) is 0 Å². The van der Waals surface area contributed by atoms with Crippen LogP contribution < -0.4 is 20.3 Å². The standard InChI is InChI=1S/C32H41F2N5O/c1-5-9-26(7-3)36-28-11-8-12-30(23-28)40-25(4)31(34)24-35-32(10-6-2)37-27-13-15-29(16-14-27)39-21-19-38(18-17-33)20-22-39/h7-16,23-24,36-37H,3,5-6,17-22H2,1-2,4H3/b26-9-,31-25-,32-10-,35-24-. The Morgan fingerprint density at radius 1 is 1.00 bits per heavy atom. The Labute approximate surface area is 237 Å². The minimum absolute atomic E-state index is 0.112. The number of ether oxygens (including phenoxy) is 1. The van der Waals surface area contributed by atoms with Gasteiger partial charge in [0.1, 0.15) is 24.0 Å². The largest absolute Gasteiger partial charge is 0.459 e. The number of anilines is 3. The van der Waals surface area contributed by atoms with E-state index < -0.39 is 5.83 Å². The Balaban J connectivity index is 1.61. The molecule has 2 N–H and O–H groups in total. The summed E-state index contributed by atoms with van der Waals surface area (Å²) in [6.45, 7) is 13.1. The Hall–Kier alpha value is -3.91. The number of aliphatic imine (C=N–C) groups is 1. The second kappa shape index (κ2) is 16.3. The molecule has 1 heterocycles. The van der Waals surface area contributed by atoms with Crippen molar-refractivity contribution in [2.24, 2.45) is 4.99 Å². The van der Waals surface area contributed by atoms with Crippen molar-refractivity contribution in [1.82, 2.24) is 4.90 Å². The smallest absolute Gasteiger partial charge is 0.179 e. The number of allylic oxidation sites excluding steroid dienone is 5. The van der Waals surface area contributed by atoms with E-state index in [2.05, 4.69) is 51.1 Å². The number of hydrogen-bond acceptors (Lipinski definition) is 6. The summed E-state index contributed by atoms with van der Waals surface area (Å²) in [5.74, 6) is 0.601. The summed E-state index contributed by atoms with van der Waals surface area (Å²) >= 11 is 0. The average Bonchev–Trinajstić information content (AvgIpc) is 2.97. The minimum atomic E-state index is -0.568. The van der Waals surface area contributed by atoms with Crippen LogP contribution >= 0.6 is 0 Å². The number of nitrogens with zero attached hydrogens (tertiary/aromatic N) is 3. The summed E-state index contributed by atoms with van der Waals surface area (Å²) in [7, 11) is 0. The molecular formula is C32H41F2N5O. The molecule has 0 saturated carbocycles. The van der Waals surface area contributed by atoms with Gasteiger partial charge < -0.3 is 20.3 Å². The molecule has 0 unspecified atom stereocenters. The maximum atomic E-state index is 14.9. The van der Waals surface area contributed by atoms with Gasteiger partial charge in [-0.1, -0.05) is 32.6 Å². The lowest BCUT2D eigenvalue weighted by molar-refractivity contribution is 0.235.